The van der Waals surface area contributed by atoms with Crippen LogP contribution in [-0.4, -0.2) is 46.0 Å². The van der Waals surface area contributed by atoms with Crippen molar-refractivity contribution in [1.29, 1.82) is 0 Å². The Labute approximate surface area is 69.9 Å². The van der Waals surface area contributed by atoms with Gasteiger partial charge in [-0.25, -0.2) is 0 Å². The third kappa shape index (κ3) is 2.07. The Morgan fingerprint density at radius 2 is 1.36 bits per heavy atom. The van der Waals surface area contributed by atoms with Crippen molar-refractivity contribution in [3.8, 4) is 0 Å². The molecule has 4 atom stereocenters. The lowest BCUT2D eigenvalue weighted by Crippen LogP contribution is -2.50. The molecule has 1 aliphatic rings. The van der Waals surface area contributed by atoms with E-state index in [0.29, 0.717) is 11.5 Å². The number of hydrogen-bond acceptors (Lipinski definition) is 5. The monoisotopic (exact) mass is 178 g/mol. The fraction of sp³-hybridized carbons (Fsp3) is 1.00. The number of hydrogen-bond donors (Lipinski definition) is 4. The molecule has 0 radical (unpaired) electrons. The first-order chi connectivity index (χ1) is 5.13. The minimum absolute atomic E-state index is 0.358. The van der Waals surface area contributed by atoms with Gasteiger partial charge in [0.25, 0.3) is 0 Å². The number of aliphatic hydroxyl groups excluding tert-OH is 2. The third-order valence-electron chi connectivity index (χ3n) is 1.85. The van der Waals surface area contributed by atoms with Gasteiger partial charge in [0.1, 0.15) is 0 Å². The smallest absolute Gasteiger partial charge is 0.0973 e. The van der Waals surface area contributed by atoms with E-state index < -0.39 is 12.2 Å². The lowest BCUT2D eigenvalue weighted by molar-refractivity contribution is -0.0000414. The summed E-state index contributed by atoms with van der Waals surface area (Å²) in [5, 5.41) is 18.7. The maximum atomic E-state index is 9.33. The predicted molar refractivity (Wildman–Crippen MR) is 45.3 cm³/mol. The van der Waals surface area contributed by atoms with Crippen molar-refractivity contribution in [3.05, 3.63) is 0 Å². The summed E-state index contributed by atoms with van der Waals surface area (Å²) < 4.78 is 0. The summed E-state index contributed by atoms with van der Waals surface area (Å²) >= 11 is 1.57. The van der Waals surface area contributed by atoms with Crippen molar-refractivity contribution in [1.82, 2.24) is 0 Å². The number of nitrogens with two attached hydrogens (primary N) is 2. The van der Waals surface area contributed by atoms with Crippen molar-refractivity contribution in [2.24, 2.45) is 11.5 Å². The molecule has 0 unspecified atom stereocenters. The highest BCUT2D eigenvalue weighted by molar-refractivity contribution is 7.99. The molecule has 0 aromatic heterocycles. The molecular formula is C6H14N2O2S. The molecule has 0 aromatic rings. The molecule has 0 spiro atoms. The Balaban J connectivity index is 2.58. The van der Waals surface area contributed by atoms with Gasteiger partial charge in [0.2, 0.25) is 0 Å². The van der Waals surface area contributed by atoms with E-state index in [9.17, 15) is 10.2 Å². The van der Waals surface area contributed by atoms with Gasteiger partial charge in [-0.3, -0.25) is 0 Å². The van der Waals surface area contributed by atoms with Crippen LogP contribution >= 0.6 is 11.8 Å². The zero-order valence-electron chi connectivity index (χ0n) is 6.18. The normalized spacial score (nSPS) is 46.9. The van der Waals surface area contributed by atoms with Crippen LogP contribution in [0.5, 0.6) is 0 Å². The minimum Gasteiger partial charge on any atom is -0.389 e. The van der Waals surface area contributed by atoms with Crippen molar-refractivity contribution in [2.75, 3.05) is 11.5 Å². The third-order valence-corrected chi connectivity index (χ3v) is 3.09. The van der Waals surface area contributed by atoms with E-state index in [0.717, 1.165) is 0 Å². The van der Waals surface area contributed by atoms with E-state index >= 15 is 0 Å². The van der Waals surface area contributed by atoms with Gasteiger partial charge in [0, 0.05) is 23.6 Å². The molecule has 6 N–H and O–H groups in total. The standard InChI is InChI=1S/C6H14N2O2S/c7-3-1-11-2-4(8)6(10)5(3)9/h3-6,9-10H,1-2,7-8H2/t3-,4-,5+,6+/m0/s1. The van der Waals surface area contributed by atoms with E-state index in [2.05, 4.69) is 0 Å². The summed E-state index contributed by atoms with van der Waals surface area (Å²) in [4.78, 5) is 0. The molecule has 0 aromatic carbocycles. The molecule has 1 rings (SSSR count). The van der Waals surface area contributed by atoms with E-state index in [1.807, 2.05) is 0 Å². The summed E-state index contributed by atoms with van der Waals surface area (Å²) in [6.07, 6.45) is -1.75. The average Bonchev–Trinajstić information content (AvgIpc) is 2.07. The molecule has 0 aliphatic carbocycles. The van der Waals surface area contributed by atoms with E-state index in [4.69, 9.17) is 11.5 Å². The van der Waals surface area contributed by atoms with Crippen LogP contribution in [0.3, 0.4) is 0 Å². The van der Waals surface area contributed by atoms with Crippen LogP contribution in [0.1, 0.15) is 0 Å². The quantitative estimate of drug-likeness (QED) is 0.348. The molecule has 66 valence electrons. The Kier molecular flexibility index (Phi) is 3.15. The Bertz CT molecular complexity index is 122. The summed E-state index contributed by atoms with van der Waals surface area (Å²) in [5.74, 6) is 1.32. The molecule has 1 saturated heterocycles. The molecule has 1 fully saturated rings. The second-order valence-corrected chi connectivity index (χ2v) is 3.92. The van der Waals surface area contributed by atoms with Crippen molar-refractivity contribution in [2.45, 2.75) is 24.3 Å². The van der Waals surface area contributed by atoms with Gasteiger partial charge < -0.3 is 21.7 Å². The van der Waals surface area contributed by atoms with Crippen molar-refractivity contribution < 1.29 is 10.2 Å². The molecule has 0 bridgehead atoms. The zero-order valence-corrected chi connectivity index (χ0v) is 7.00. The number of thioether (sulfide) groups is 1. The SMILES string of the molecule is N[C@H]1CSC[C@H](N)[C@@H](O)[C@@H]1O. The second kappa shape index (κ2) is 3.73. The molecular weight excluding hydrogens is 164 g/mol. The fourth-order valence-corrected chi connectivity index (χ4v) is 2.12. The van der Waals surface area contributed by atoms with Crippen LogP contribution in [0, 0.1) is 0 Å². The van der Waals surface area contributed by atoms with Crippen molar-refractivity contribution in [3.63, 3.8) is 0 Å². The molecule has 1 heterocycles. The van der Waals surface area contributed by atoms with Crippen LogP contribution < -0.4 is 11.5 Å². The highest BCUT2D eigenvalue weighted by Crippen LogP contribution is 2.16. The summed E-state index contributed by atoms with van der Waals surface area (Å²) in [5.41, 5.74) is 11.1. The first kappa shape index (κ1) is 9.28. The largest absolute Gasteiger partial charge is 0.389 e. The van der Waals surface area contributed by atoms with E-state index in [-0.39, 0.29) is 12.1 Å². The maximum Gasteiger partial charge on any atom is 0.0973 e. The van der Waals surface area contributed by atoms with E-state index in [1.54, 1.807) is 11.8 Å². The minimum atomic E-state index is -0.875. The average molecular weight is 178 g/mol. The van der Waals surface area contributed by atoms with Gasteiger partial charge >= 0.3 is 0 Å². The highest BCUT2D eigenvalue weighted by Gasteiger charge is 2.31. The van der Waals surface area contributed by atoms with Gasteiger partial charge in [-0.2, -0.15) is 11.8 Å². The Morgan fingerprint density at radius 1 is 1.00 bits per heavy atom. The number of rotatable bonds is 0. The van der Waals surface area contributed by atoms with Crippen LogP contribution in [0.2, 0.25) is 0 Å². The van der Waals surface area contributed by atoms with Gasteiger partial charge in [-0.15, -0.1) is 0 Å². The van der Waals surface area contributed by atoms with Gasteiger partial charge in [-0.1, -0.05) is 0 Å². The molecule has 4 nitrogen and oxygen atoms in total. The highest BCUT2D eigenvalue weighted by atomic mass is 32.2. The van der Waals surface area contributed by atoms with Crippen LogP contribution in [0.15, 0.2) is 0 Å². The lowest BCUT2D eigenvalue weighted by atomic mass is 10.0. The van der Waals surface area contributed by atoms with Crippen LogP contribution in [0.25, 0.3) is 0 Å². The summed E-state index contributed by atoms with van der Waals surface area (Å²) in [6, 6.07) is -0.716. The summed E-state index contributed by atoms with van der Waals surface area (Å²) in [7, 11) is 0. The first-order valence-corrected chi connectivity index (χ1v) is 4.73. The Hall–Kier alpha value is 0.190. The lowest BCUT2D eigenvalue weighted by Gasteiger charge is -2.22. The molecule has 1 aliphatic heterocycles. The topological polar surface area (TPSA) is 92.5 Å². The molecule has 0 amide bonds. The summed E-state index contributed by atoms with van der Waals surface area (Å²) in [6.45, 7) is 0. The van der Waals surface area contributed by atoms with Crippen LogP contribution in [0.4, 0.5) is 0 Å². The molecule has 5 heteroatoms. The maximum absolute atomic E-state index is 9.33. The molecule has 11 heavy (non-hydrogen) atoms. The van der Waals surface area contributed by atoms with Gasteiger partial charge in [0.15, 0.2) is 0 Å². The number of aliphatic hydroxyl groups is 2. The zero-order chi connectivity index (χ0) is 8.43. The second-order valence-electron chi connectivity index (χ2n) is 2.85. The fourth-order valence-electron chi connectivity index (χ4n) is 1.04. The van der Waals surface area contributed by atoms with Gasteiger partial charge in [-0.05, 0) is 0 Å². The van der Waals surface area contributed by atoms with Gasteiger partial charge in [0.05, 0.1) is 12.2 Å². The van der Waals surface area contributed by atoms with E-state index in [1.165, 1.54) is 0 Å². The Morgan fingerprint density at radius 3 is 1.73 bits per heavy atom. The first-order valence-electron chi connectivity index (χ1n) is 3.58. The predicted octanol–water partition coefficient (Wildman–Crippen LogP) is -1.89. The molecule has 0 saturated carbocycles. The van der Waals surface area contributed by atoms with Crippen LogP contribution in [-0.2, 0) is 0 Å². The van der Waals surface area contributed by atoms with Crippen molar-refractivity contribution >= 4 is 11.8 Å².